The average Bonchev–Trinajstić information content (AvgIpc) is 2.99. The Labute approximate surface area is 143 Å². The Kier molecular flexibility index (Phi) is 4.41. The van der Waals surface area contributed by atoms with Crippen LogP contribution in [0.5, 0.6) is 0 Å². The first-order chi connectivity index (χ1) is 11.9. The van der Waals surface area contributed by atoms with Gasteiger partial charge in [0.05, 0.1) is 6.17 Å². The summed E-state index contributed by atoms with van der Waals surface area (Å²) in [5.41, 5.74) is 5.52. The van der Waals surface area contributed by atoms with Gasteiger partial charge in [-0.1, -0.05) is 84.9 Å². The van der Waals surface area contributed by atoms with Gasteiger partial charge in [0.2, 0.25) is 0 Å². The number of benzene rings is 3. The number of fused-ring (bicyclic) bond motifs is 1. The van der Waals surface area contributed by atoms with E-state index in [4.69, 9.17) is 0 Å². The maximum atomic E-state index is 3.75. The molecular formula is C22H22N2. The van der Waals surface area contributed by atoms with E-state index in [1.54, 1.807) is 0 Å². The molecule has 120 valence electrons. The summed E-state index contributed by atoms with van der Waals surface area (Å²) in [5.74, 6) is 0. The van der Waals surface area contributed by atoms with E-state index in [9.17, 15) is 0 Å². The van der Waals surface area contributed by atoms with Gasteiger partial charge < -0.3 is 0 Å². The van der Waals surface area contributed by atoms with Crippen molar-refractivity contribution in [3.8, 4) is 0 Å². The standard InChI is InChI=1S/C22H22N2/c1-3-9-18(10-4-1)15-23-22-21-14-8-7-13-20(21)17-24(22)16-19-11-5-2-6-12-19/h1-14,22-23H,15-17H2. The lowest BCUT2D eigenvalue weighted by molar-refractivity contribution is 0.172. The number of hydrogen-bond donors (Lipinski definition) is 1. The van der Waals surface area contributed by atoms with E-state index in [2.05, 4.69) is 95.1 Å². The normalized spacial score (nSPS) is 16.9. The molecule has 1 N–H and O–H groups in total. The van der Waals surface area contributed by atoms with Gasteiger partial charge in [-0.05, 0) is 22.3 Å². The molecular weight excluding hydrogens is 292 g/mol. The molecule has 0 fully saturated rings. The van der Waals surface area contributed by atoms with E-state index in [0.29, 0.717) is 0 Å². The van der Waals surface area contributed by atoms with Gasteiger partial charge in [-0.2, -0.15) is 0 Å². The average molecular weight is 314 g/mol. The Bertz CT molecular complexity index is 783. The predicted octanol–water partition coefficient (Wildman–Crippen LogP) is 4.49. The molecule has 0 radical (unpaired) electrons. The topological polar surface area (TPSA) is 15.3 Å². The third-order valence-corrected chi connectivity index (χ3v) is 4.66. The van der Waals surface area contributed by atoms with Crippen molar-refractivity contribution in [1.82, 2.24) is 10.2 Å². The summed E-state index contributed by atoms with van der Waals surface area (Å²) in [5, 5.41) is 3.75. The van der Waals surface area contributed by atoms with Crippen LogP contribution in [0.15, 0.2) is 84.9 Å². The smallest absolute Gasteiger partial charge is 0.0872 e. The predicted molar refractivity (Wildman–Crippen MR) is 98.2 cm³/mol. The van der Waals surface area contributed by atoms with Crippen molar-refractivity contribution in [3.05, 3.63) is 107 Å². The van der Waals surface area contributed by atoms with E-state index < -0.39 is 0 Å². The van der Waals surface area contributed by atoms with Crippen molar-refractivity contribution in [2.45, 2.75) is 25.8 Å². The SMILES string of the molecule is c1ccc(CNC2c3ccccc3CN2Cc2ccccc2)cc1. The van der Waals surface area contributed by atoms with E-state index >= 15 is 0 Å². The van der Waals surface area contributed by atoms with Gasteiger partial charge >= 0.3 is 0 Å². The maximum absolute atomic E-state index is 3.75. The summed E-state index contributed by atoms with van der Waals surface area (Å²) in [6.07, 6.45) is 0.265. The highest BCUT2D eigenvalue weighted by molar-refractivity contribution is 5.34. The van der Waals surface area contributed by atoms with Crippen molar-refractivity contribution < 1.29 is 0 Å². The minimum atomic E-state index is 0.265. The van der Waals surface area contributed by atoms with Crippen LogP contribution in [-0.4, -0.2) is 4.90 Å². The van der Waals surface area contributed by atoms with Gasteiger partial charge in [-0.25, -0.2) is 0 Å². The zero-order chi connectivity index (χ0) is 16.2. The number of rotatable bonds is 5. The van der Waals surface area contributed by atoms with E-state index in [0.717, 1.165) is 19.6 Å². The molecule has 0 amide bonds. The van der Waals surface area contributed by atoms with Crippen molar-refractivity contribution in [2.75, 3.05) is 0 Å². The number of nitrogens with zero attached hydrogens (tertiary/aromatic N) is 1. The molecule has 0 saturated carbocycles. The Morgan fingerprint density at radius 2 is 1.38 bits per heavy atom. The summed E-state index contributed by atoms with van der Waals surface area (Å²) < 4.78 is 0. The molecule has 0 bridgehead atoms. The Morgan fingerprint density at radius 1 is 0.750 bits per heavy atom. The molecule has 1 aliphatic rings. The minimum Gasteiger partial charge on any atom is -0.294 e. The highest BCUT2D eigenvalue weighted by Crippen LogP contribution is 2.33. The zero-order valence-electron chi connectivity index (χ0n) is 13.7. The maximum Gasteiger partial charge on any atom is 0.0872 e. The zero-order valence-corrected chi connectivity index (χ0v) is 13.7. The summed E-state index contributed by atoms with van der Waals surface area (Å²) >= 11 is 0. The summed E-state index contributed by atoms with van der Waals surface area (Å²) in [6, 6.07) is 30.1. The molecule has 1 atom stereocenters. The number of nitrogens with one attached hydrogen (secondary N) is 1. The molecule has 0 saturated heterocycles. The molecule has 0 aromatic heterocycles. The summed E-state index contributed by atoms with van der Waals surface area (Å²) in [7, 11) is 0. The van der Waals surface area contributed by atoms with E-state index in [-0.39, 0.29) is 6.17 Å². The van der Waals surface area contributed by atoms with Gasteiger partial charge in [0.1, 0.15) is 0 Å². The fourth-order valence-corrected chi connectivity index (χ4v) is 3.47. The second kappa shape index (κ2) is 7.00. The highest BCUT2D eigenvalue weighted by Gasteiger charge is 2.29. The lowest BCUT2D eigenvalue weighted by atomic mass is 10.1. The molecule has 0 spiro atoms. The molecule has 2 heteroatoms. The first-order valence-corrected chi connectivity index (χ1v) is 8.53. The number of hydrogen-bond acceptors (Lipinski definition) is 2. The van der Waals surface area contributed by atoms with Gasteiger partial charge in [0, 0.05) is 19.6 Å². The van der Waals surface area contributed by atoms with Crippen LogP contribution in [-0.2, 0) is 19.6 Å². The van der Waals surface area contributed by atoms with E-state index in [1.807, 2.05) is 0 Å². The van der Waals surface area contributed by atoms with Crippen LogP contribution in [0.4, 0.5) is 0 Å². The van der Waals surface area contributed by atoms with Crippen molar-refractivity contribution in [1.29, 1.82) is 0 Å². The Morgan fingerprint density at radius 3 is 2.12 bits per heavy atom. The van der Waals surface area contributed by atoms with Crippen LogP contribution in [0.25, 0.3) is 0 Å². The summed E-state index contributed by atoms with van der Waals surface area (Å²) in [4.78, 5) is 2.52. The lowest BCUT2D eigenvalue weighted by Crippen LogP contribution is -2.32. The van der Waals surface area contributed by atoms with Crippen LogP contribution >= 0.6 is 0 Å². The fourth-order valence-electron chi connectivity index (χ4n) is 3.47. The third-order valence-electron chi connectivity index (χ3n) is 4.66. The highest BCUT2D eigenvalue weighted by atomic mass is 15.3. The molecule has 0 aliphatic carbocycles. The Balaban J connectivity index is 1.54. The molecule has 2 nitrogen and oxygen atoms in total. The lowest BCUT2D eigenvalue weighted by Gasteiger charge is -2.26. The van der Waals surface area contributed by atoms with Gasteiger partial charge in [-0.3, -0.25) is 10.2 Å². The third kappa shape index (κ3) is 3.25. The second-order valence-electron chi connectivity index (χ2n) is 6.36. The van der Waals surface area contributed by atoms with Crippen molar-refractivity contribution in [2.24, 2.45) is 0 Å². The van der Waals surface area contributed by atoms with Crippen LogP contribution < -0.4 is 5.32 Å². The van der Waals surface area contributed by atoms with Gasteiger partial charge in [0.25, 0.3) is 0 Å². The Hall–Kier alpha value is -2.42. The van der Waals surface area contributed by atoms with Crippen LogP contribution in [0.1, 0.15) is 28.4 Å². The molecule has 3 aromatic rings. The van der Waals surface area contributed by atoms with Crippen LogP contribution in [0.3, 0.4) is 0 Å². The van der Waals surface area contributed by atoms with Crippen LogP contribution in [0.2, 0.25) is 0 Å². The van der Waals surface area contributed by atoms with Crippen LogP contribution in [0, 0.1) is 0 Å². The largest absolute Gasteiger partial charge is 0.294 e. The monoisotopic (exact) mass is 314 g/mol. The van der Waals surface area contributed by atoms with Crippen molar-refractivity contribution >= 4 is 0 Å². The molecule has 4 rings (SSSR count). The molecule has 24 heavy (non-hydrogen) atoms. The molecule has 3 aromatic carbocycles. The molecule has 1 unspecified atom stereocenters. The minimum absolute atomic E-state index is 0.265. The molecule has 1 aliphatic heterocycles. The fraction of sp³-hybridized carbons (Fsp3) is 0.182. The van der Waals surface area contributed by atoms with E-state index in [1.165, 1.54) is 22.3 Å². The quantitative estimate of drug-likeness (QED) is 0.746. The first kappa shape index (κ1) is 15.1. The van der Waals surface area contributed by atoms with Gasteiger partial charge in [0.15, 0.2) is 0 Å². The molecule has 1 heterocycles. The van der Waals surface area contributed by atoms with Crippen molar-refractivity contribution in [3.63, 3.8) is 0 Å². The summed E-state index contributed by atoms with van der Waals surface area (Å²) in [6.45, 7) is 2.84. The second-order valence-corrected chi connectivity index (χ2v) is 6.36. The first-order valence-electron chi connectivity index (χ1n) is 8.53. The van der Waals surface area contributed by atoms with Gasteiger partial charge in [-0.15, -0.1) is 0 Å².